The van der Waals surface area contributed by atoms with Gasteiger partial charge in [-0.2, -0.15) is 0 Å². The second kappa shape index (κ2) is 7.19. The summed E-state index contributed by atoms with van der Waals surface area (Å²) in [6.45, 7) is 4.66. The van der Waals surface area contributed by atoms with Crippen LogP contribution < -0.4 is 5.32 Å². The third-order valence-electron chi connectivity index (χ3n) is 6.87. The van der Waals surface area contributed by atoms with Crippen molar-refractivity contribution in [1.29, 1.82) is 0 Å². The van der Waals surface area contributed by atoms with Crippen molar-refractivity contribution in [3.05, 3.63) is 22.3 Å². The average molecular weight is 406 g/mol. The lowest BCUT2D eigenvalue weighted by Gasteiger charge is -2.35. The van der Waals surface area contributed by atoms with Crippen LogP contribution in [0.15, 0.2) is 27.3 Å². The maximum Gasteiger partial charge on any atom is 0.192 e. The van der Waals surface area contributed by atoms with Crippen molar-refractivity contribution in [3.63, 3.8) is 0 Å². The van der Waals surface area contributed by atoms with Gasteiger partial charge in [-0.1, -0.05) is 26.8 Å². The fraction of sp³-hybridized carbons (Fsp3) is 0.792. The van der Waals surface area contributed by atoms with Crippen LogP contribution in [0.25, 0.3) is 0 Å². The van der Waals surface area contributed by atoms with Crippen LogP contribution in [0.2, 0.25) is 0 Å². The molecule has 4 heteroatoms. The Morgan fingerprint density at radius 3 is 3.04 bits per heavy atom. The minimum absolute atomic E-state index is 0.0559. The van der Waals surface area contributed by atoms with E-state index in [4.69, 9.17) is 11.6 Å². The molecule has 0 amide bonds. The number of nitrogens with one attached hydrogen (secondary N) is 1. The third kappa shape index (κ3) is 3.49. The number of rotatable bonds is 2. The zero-order valence-corrected chi connectivity index (χ0v) is 18.1. The minimum atomic E-state index is -2.13. The molecule has 0 radical (unpaired) electrons. The summed E-state index contributed by atoms with van der Waals surface area (Å²) in [5.74, 6) is 1.96. The maximum atomic E-state index is 8.83. The first-order valence-corrected chi connectivity index (χ1v) is 11.8. The van der Waals surface area contributed by atoms with Gasteiger partial charge in [0.2, 0.25) is 0 Å². The Morgan fingerprint density at radius 2 is 2.21 bits per heavy atom. The molecule has 3 nitrogen and oxygen atoms in total. The number of hydrogen-bond acceptors (Lipinski definition) is 4. The highest BCUT2D eigenvalue weighted by atomic mass is 32.2. The predicted octanol–water partition coefficient (Wildman–Crippen LogP) is 5.68. The minimum Gasteiger partial charge on any atom is -0.472 e. The highest BCUT2D eigenvalue weighted by Crippen LogP contribution is 2.53. The first-order chi connectivity index (χ1) is 15.4. The van der Waals surface area contributed by atoms with Crippen LogP contribution in [-0.2, 0) is 4.74 Å². The summed E-state index contributed by atoms with van der Waals surface area (Å²) in [7, 11) is 0. The average Bonchev–Trinajstić information content (AvgIpc) is 3.33. The molecule has 6 atom stereocenters. The number of thioether (sulfide) groups is 1. The molecular weight excluding hydrogens is 364 g/mol. The van der Waals surface area contributed by atoms with E-state index in [2.05, 4.69) is 16.4 Å². The summed E-state index contributed by atoms with van der Waals surface area (Å²) in [6.07, 6.45) is 6.03. The first-order valence-electron chi connectivity index (χ1n) is 13.4. The van der Waals surface area contributed by atoms with Gasteiger partial charge in [-0.25, -0.2) is 0 Å². The number of hydrogen-bond donors (Lipinski definition) is 1. The first kappa shape index (κ1) is 14.3. The molecule has 0 aromatic carbocycles. The second-order valence-corrected chi connectivity index (χ2v) is 11.3. The molecule has 0 aromatic rings. The van der Waals surface area contributed by atoms with Crippen molar-refractivity contribution in [2.24, 2.45) is 28.2 Å². The molecule has 28 heavy (non-hydrogen) atoms. The van der Waals surface area contributed by atoms with Gasteiger partial charge in [0.15, 0.2) is 6.23 Å². The van der Waals surface area contributed by atoms with E-state index in [1.807, 2.05) is 20.8 Å². The lowest BCUT2D eigenvalue weighted by molar-refractivity contribution is 0.127. The Labute approximate surface area is 181 Å². The van der Waals surface area contributed by atoms with Crippen LogP contribution in [0.1, 0.15) is 79.4 Å². The Kier molecular flexibility index (Phi) is 3.67. The normalized spacial score (nSPS) is 43.9. The third-order valence-corrected chi connectivity index (χ3v) is 8.20. The summed E-state index contributed by atoms with van der Waals surface area (Å²) in [5.41, 5.74) is 1.23. The molecule has 0 spiro atoms. The number of allylic oxidation sites excluding steroid dienone is 1. The Balaban J connectivity index is 1.43. The van der Waals surface area contributed by atoms with Gasteiger partial charge in [-0.3, -0.25) is 4.99 Å². The molecule has 5 rings (SSSR count). The summed E-state index contributed by atoms with van der Waals surface area (Å²) in [4.78, 5) is 5.89. The molecule has 0 saturated carbocycles. The number of fused-ring (bicyclic) bond motifs is 4. The van der Waals surface area contributed by atoms with E-state index in [0.717, 1.165) is 44.4 Å². The van der Waals surface area contributed by atoms with Crippen LogP contribution in [0.4, 0.5) is 0 Å². The zero-order chi connectivity index (χ0) is 23.8. The van der Waals surface area contributed by atoms with Crippen LogP contribution in [-0.4, -0.2) is 29.8 Å². The van der Waals surface area contributed by atoms with Gasteiger partial charge < -0.3 is 10.1 Å². The molecule has 1 aliphatic carbocycles. The Bertz CT molecular complexity index is 904. The largest absolute Gasteiger partial charge is 0.472 e. The molecule has 2 fully saturated rings. The van der Waals surface area contributed by atoms with Gasteiger partial charge >= 0.3 is 0 Å². The molecule has 4 heterocycles. The van der Waals surface area contributed by atoms with E-state index >= 15 is 0 Å². The molecule has 4 aliphatic heterocycles. The van der Waals surface area contributed by atoms with Gasteiger partial charge in [-0.15, -0.1) is 11.8 Å². The quantitative estimate of drug-likeness (QED) is 0.641. The molecule has 0 bridgehead atoms. The van der Waals surface area contributed by atoms with Gasteiger partial charge in [0.1, 0.15) is 5.76 Å². The fourth-order valence-electron chi connectivity index (χ4n) is 5.80. The second-order valence-electron chi connectivity index (χ2n) is 10.0. The number of ether oxygens (including phenoxy) is 1. The molecule has 0 aromatic heterocycles. The highest BCUT2D eigenvalue weighted by molar-refractivity contribution is 8.04. The van der Waals surface area contributed by atoms with Crippen LogP contribution in [0, 0.1) is 23.2 Å². The van der Waals surface area contributed by atoms with E-state index in [9.17, 15) is 0 Å². The van der Waals surface area contributed by atoms with E-state index in [0.29, 0.717) is 18.1 Å². The van der Waals surface area contributed by atoms with Crippen LogP contribution >= 0.6 is 11.8 Å². The summed E-state index contributed by atoms with van der Waals surface area (Å²) in [5, 5.41) is 3.67. The van der Waals surface area contributed by atoms with Crippen LogP contribution in [0.3, 0.4) is 0 Å². The molecule has 2 saturated heterocycles. The summed E-state index contributed by atoms with van der Waals surface area (Å²) >= 11 is 1.74. The van der Waals surface area contributed by atoms with E-state index in [1.54, 1.807) is 11.8 Å². The Morgan fingerprint density at radius 1 is 1.32 bits per heavy atom. The molecular formula is C24H36N2OS. The van der Waals surface area contributed by atoms with E-state index in [1.165, 1.54) is 10.5 Å². The monoisotopic (exact) mass is 405 g/mol. The summed E-state index contributed by atoms with van der Waals surface area (Å²) in [6, 6.07) is 0.169. The van der Waals surface area contributed by atoms with Crippen molar-refractivity contribution >= 4 is 17.5 Å². The van der Waals surface area contributed by atoms with Crippen molar-refractivity contribution in [1.82, 2.24) is 5.32 Å². The topological polar surface area (TPSA) is 33.6 Å². The van der Waals surface area contributed by atoms with Crippen molar-refractivity contribution in [2.45, 2.75) is 90.0 Å². The van der Waals surface area contributed by atoms with Crippen molar-refractivity contribution in [3.8, 4) is 0 Å². The standard InChI is InChI=1S/C24H36N2OS/c1-14-8-9-17-16-6-5-7-18(22(16)27-23(17)26-14)21-19-12-15(13-24(2,3)4)28-20(19)10-11-25-21/h10,15-17,19,21,23,25H,5-9,11-13H2,1-4H3/t15-,16?,17?,19?,21-,23?/m0/s1/i1D3,13D2. The highest BCUT2D eigenvalue weighted by Gasteiger charge is 2.48. The predicted molar refractivity (Wildman–Crippen MR) is 119 cm³/mol. The van der Waals surface area contributed by atoms with Gasteiger partial charge in [0.25, 0.3) is 0 Å². The number of nitrogens with zero attached hydrogens (tertiary/aromatic N) is 1. The van der Waals surface area contributed by atoms with Crippen molar-refractivity contribution in [2.75, 3.05) is 6.54 Å². The Hall–Kier alpha value is -0.740. The van der Waals surface area contributed by atoms with Gasteiger partial charge in [0, 0.05) is 48.2 Å². The zero-order valence-electron chi connectivity index (χ0n) is 22.3. The van der Waals surface area contributed by atoms with Gasteiger partial charge in [-0.05, 0) is 67.6 Å². The lowest BCUT2D eigenvalue weighted by atomic mass is 9.74. The smallest absolute Gasteiger partial charge is 0.192 e. The molecule has 4 unspecified atom stereocenters. The van der Waals surface area contributed by atoms with Crippen molar-refractivity contribution < 1.29 is 11.6 Å². The fourth-order valence-corrected chi connectivity index (χ4v) is 7.43. The van der Waals surface area contributed by atoms with E-state index in [-0.39, 0.29) is 29.4 Å². The molecule has 5 aliphatic rings. The summed E-state index contributed by atoms with van der Waals surface area (Å²) < 4.78 is 47.4. The maximum absolute atomic E-state index is 8.83. The molecule has 1 N–H and O–H groups in total. The number of aliphatic imine (C=N–C) groups is 1. The molecule has 154 valence electrons. The lowest BCUT2D eigenvalue weighted by Crippen LogP contribution is -2.42. The SMILES string of the molecule is [2H]C([2H])([2H])C1=NC2OC3=C([C@@H]4NCC=C5S[C@H](C([2H])([2H])C(C)(C)C)CC54)CCCC3C2CC1. The van der Waals surface area contributed by atoms with Crippen LogP contribution in [0.5, 0.6) is 0 Å². The van der Waals surface area contributed by atoms with E-state index < -0.39 is 18.6 Å². The van der Waals surface area contributed by atoms with Gasteiger partial charge in [0.05, 0.1) is 0 Å².